The number of carbonyl (C=O) groups excluding carboxylic acids is 2. The number of likely N-dealkylation sites (N-methyl/N-ethyl adjacent to an activating group) is 1. The molecule has 6 rings (SSSR count). The number of nitrogens with zero attached hydrogens (tertiary/aromatic N) is 6. The second-order valence-corrected chi connectivity index (χ2v) is 13.6. The standard InChI is InChI=1S/C22H27ClN6O5S2/c1-25-14-22-15-27(36(32,33)11-5-16-2-3-17(23)35-16)12-19(30)28(22)13-21(29(22)20(25)31)6-8-26(9-7-21)18-4-10-34-24-18/h2-3,5,11H,4,6-10,12-15H2,1H3/b11-5+. The first-order valence-corrected chi connectivity index (χ1v) is 14.6. The molecule has 2 spiro atoms. The largest absolute Gasteiger partial charge is 0.394 e. The van der Waals surface area contributed by atoms with E-state index in [9.17, 15) is 18.0 Å². The van der Waals surface area contributed by atoms with Crippen LogP contribution in [0.15, 0.2) is 22.7 Å². The van der Waals surface area contributed by atoms with Crippen molar-refractivity contribution in [2.24, 2.45) is 5.16 Å². The molecule has 4 saturated heterocycles. The van der Waals surface area contributed by atoms with Gasteiger partial charge in [0, 0.05) is 43.4 Å². The van der Waals surface area contributed by atoms with Gasteiger partial charge in [0.05, 0.1) is 29.5 Å². The van der Waals surface area contributed by atoms with Crippen LogP contribution in [0.3, 0.4) is 0 Å². The van der Waals surface area contributed by atoms with Crippen molar-refractivity contribution >= 4 is 56.8 Å². The number of amides is 3. The molecule has 1 atom stereocenters. The molecule has 0 aromatic carbocycles. The highest BCUT2D eigenvalue weighted by Gasteiger charge is 2.69. The smallest absolute Gasteiger partial charge is 0.322 e. The second kappa shape index (κ2) is 8.33. The lowest BCUT2D eigenvalue weighted by Gasteiger charge is -2.47. The number of fused-ring (bicyclic) bond motifs is 1. The van der Waals surface area contributed by atoms with Crippen molar-refractivity contribution in [1.82, 2.24) is 23.9 Å². The predicted molar refractivity (Wildman–Crippen MR) is 135 cm³/mol. The van der Waals surface area contributed by atoms with Crippen LogP contribution in [-0.4, -0.2) is 114 Å². The number of carbonyl (C=O) groups is 2. The Morgan fingerprint density at radius 2 is 1.94 bits per heavy atom. The maximum atomic E-state index is 13.5. The Kier molecular flexibility index (Phi) is 5.56. The van der Waals surface area contributed by atoms with Crippen molar-refractivity contribution in [3.05, 3.63) is 26.8 Å². The number of piperazine rings is 1. The average molecular weight is 555 g/mol. The van der Waals surface area contributed by atoms with E-state index in [0.717, 1.165) is 17.7 Å². The molecule has 1 unspecified atom stereocenters. The van der Waals surface area contributed by atoms with Crippen LogP contribution in [0.25, 0.3) is 6.08 Å². The van der Waals surface area contributed by atoms with Gasteiger partial charge in [0.25, 0.3) is 0 Å². The van der Waals surface area contributed by atoms with Crippen molar-refractivity contribution in [3.63, 3.8) is 0 Å². The lowest BCUT2D eigenvalue weighted by molar-refractivity contribution is -0.143. The summed E-state index contributed by atoms with van der Waals surface area (Å²) in [6.07, 6.45) is 3.60. The average Bonchev–Trinajstić information content (AvgIpc) is 3.60. The molecule has 6 heterocycles. The highest BCUT2D eigenvalue weighted by molar-refractivity contribution is 7.92. The van der Waals surface area contributed by atoms with Crippen molar-refractivity contribution < 1.29 is 22.8 Å². The third-order valence-corrected chi connectivity index (χ3v) is 10.6. The van der Waals surface area contributed by atoms with Gasteiger partial charge in [-0.1, -0.05) is 16.8 Å². The summed E-state index contributed by atoms with van der Waals surface area (Å²) < 4.78 is 28.4. The monoisotopic (exact) mass is 554 g/mol. The number of urea groups is 1. The summed E-state index contributed by atoms with van der Waals surface area (Å²) in [6, 6.07) is 3.28. The van der Waals surface area contributed by atoms with Crippen LogP contribution in [0.2, 0.25) is 4.34 Å². The van der Waals surface area contributed by atoms with E-state index >= 15 is 0 Å². The Balaban J connectivity index is 1.29. The van der Waals surface area contributed by atoms with Gasteiger partial charge in [0.1, 0.15) is 12.4 Å². The molecule has 1 aromatic rings. The minimum absolute atomic E-state index is 0.0404. The summed E-state index contributed by atoms with van der Waals surface area (Å²) >= 11 is 7.23. The van der Waals surface area contributed by atoms with Crippen molar-refractivity contribution in [1.29, 1.82) is 0 Å². The Hall–Kier alpha value is -2.35. The van der Waals surface area contributed by atoms with E-state index in [1.54, 1.807) is 29.0 Å². The van der Waals surface area contributed by atoms with Crippen LogP contribution < -0.4 is 0 Å². The molecule has 11 nitrogen and oxygen atoms in total. The molecule has 14 heteroatoms. The van der Waals surface area contributed by atoms with Crippen LogP contribution in [0.4, 0.5) is 4.79 Å². The zero-order valence-corrected chi connectivity index (χ0v) is 22.2. The molecule has 3 amide bonds. The topological polar surface area (TPSA) is 106 Å². The summed E-state index contributed by atoms with van der Waals surface area (Å²) in [6.45, 7) is 2.44. The number of hydrogen-bond acceptors (Lipinski definition) is 8. The van der Waals surface area contributed by atoms with E-state index in [1.165, 1.54) is 21.7 Å². The fraction of sp³-hybridized carbons (Fsp3) is 0.591. The van der Waals surface area contributed by atoms with Crippen LogP contribution in [0, 0.1) is 0 Å². The van der Waals surface area contributed by atoms with Gasteiger partial charge in [-0.25, -0.2) is 13.2 Å². The van der Waals surface area contributed by atoms with E-state index < -0.39 is 21.2 Å². The lowest BCUT2D eigenvalue weighted by atomic mass is 9.86. The first kappa shape index (κ1) is 24.0. The molecule has 194 valence electrons. The number of oxime groups is 1. The van der Waals surface area contributed by atoms with E-state index in [-0.39, 0.29) is 31.6 Å². The van der Waals surface area contributed by atoms with Crippen LogP contribution >= 0.6 is 22.9 Å². The highest BCUT2D eigenvalue weighted by atomic mass is 35.5. The summed E-state index contributed by atoms with van der Waals surface area (Å²) in [7, 11) is -2.20. The molecule has 0 radical (unpaired) electrons. The van der Waals surface area contributed by atoms with Crippen molar-refractivity contribution in [2.45, 2.75) is 30.5 Å². The van der Waals surface area contributed by atoms with Gasteiger partial charge in [-0.3, -0.25) is 9.69 Å². The number of hydrogen-bond donors (Lipinski definition) is 0. The molecule has 1 aromatic heterocycles. The number of rotatable bonds is 3. The van der Waals surface area contributed by atoms with Gasteiger partial charge >= 0.3 is 6.03 Å². The Morgan fingerprint density at radius 1 is 1.17 bits per heavy atom. The third-order valence-electron chi connectivity index (χ3n) is 7.90. The van der Waals surface area contributed by atoms with E-state index in [0.29, 0.717) is 48.3 Å². The molecule has 0 aliphatic carbocycles. The molecule has 0 saturated carbocycles. The number of piperidine rings is 1. The number of amidine groups is 1. The van der Waals surface area contributed by atoms with Crippen molar-refractivity contribution in [3.8, 4) is 0 Å². The van der Waals surface area contributed by atoms with Gasteiger partial charge in [-0.2, -0.15) is 4.31 Å². The SMILES string of the molecule is CN1CC23CN(S(=O)(=O)/C=C/c4ccc(Cl)s4)CC(=O)N2CC2(CCN(C4=NOCC4)CC2)N3C1=O. The molecule has 4 fully saturated rings. The maximum absolute atomic E-state index is 13.5. The Labute approximate surface area is 218 Å². The van der Waals surface area contributed by atoms with E-state index in [4.69, 9.17) is 16.4 Å². The molecule has 0 bridgehead atoms. The minimum atomic E-state index is -3.91. The first-order valence-electron chi connectivity index (χ1n) is 11.9. The molecular formula is C22H27ClN6O5S2. The summed E-state index contributed by atoms with van der Waals surface area (Å²) in [5, 5.41) is 5.25. The quantitative estimate of drug-likeness (QED) is 0.560. The number of halogens is 1. The minimum Gasteiger partial charge on any atom is -0.394 e. The van der Waals surface area contributed by atoms with Crippen molar-refractivity contribution in [2.75, 3.05) is 52.9 Å². The molecular weight excluding hydrogens is 528 g/mol. The van der Waals surface area contributed by atoms with Crippen LogP contribution in [0.5, 0.6) is 0 Å². The number of thiophene rings is 1. The summed E-state index contributed by atoms with van der Waals surface area (Å²) in [5.41, 5.74) is -1.57. The van der Waals surface area contributed by atoms with Gasteiger partial charge in [-0.15, -0.1) is 11.3 Å². The van der Waals surface area contributed by atoms with Gasteiger partial charge in [-0.05, 0) is 31.1 Å². The first-order chi connectivity index (χ1) is 17.1. The second-order valence-electron chi connectivity index (χ2n) is 10.00. The highest BCUT2D eigenvalue weighted by Crippen LogP contribution is 2.49. The maximum Gasteiger partial charge on any atom is 0.322 e. The van der Waals surface area contributed by atoms with Crippen LogP contribution in [-0.2, 0) is 19.7 Å². The van der Waals surface area contributed by atoms with E-state index in [2.05, 4.69) is 10.1 Å². The van der Waals surface area contributed by atoms with Gasteiger partial charge < -0.3 is 19.5 Å². The van der Waals surface area contributed by atoms with Gasteiger partial charge in [0.15, 0.2) is 5.66 Å². The normalized spacial score (nSPS) is 28.3. The molecule has 5 aliphatic heterocycles. The third kappa shape index (κ3) is 3.62. The zero-order valence-electron chi connectivity index (χ0n) is 19.8. The molecule has 5 aliphatic rings. The zero-order chi connectivity index (χ0) is 25.3. The fourth-order valence-corrected chi connectivity index (χ4v) is 8.47. The molecule has 0 N–H and O–H groups in total. The Bertz CT molecular complexity index is 1270. The Morgan fingerprint density at radius 3 is 2.61 bits per heavy atom. The number of sulfonamides is 1. The molecule has 36 heavy (non-hydrogen) atoms. The summed E-state index contributed by atoms with van der Waals surface area (Å²) in [5.74, 6) is 0.644. The predicted octanol–water partition coefficient (Wildman–Crippen LogP) is 1.49. The van der Waals surface area contributed by atoms with E-state index in [1.807, 2.05) is 4.90 Å². The van der Waals surface area contributed by atoms with Crippen LogP contribution in [0.1, 0.15) is 24.1 Å². The fourth-order valence-electron chi connectivity index (χ4n) is 6.25. The number of likely N-dealkylation sites (tertiary alicyclic amines) is 1. The van der Waals surface area contributed by atoms with Gasteiger partial charge in [0.2, 0.25) is 15.9 Å². The summed E-state index contributed by atoms with van der Waals surface area (Å²) in [4.78, 5) is 40.2. The lowest BCUT2D eigenvalue weighted by Crippen LogP contribution is -2.68.